The average molecular weight is 539 g/mol. The number of aromatic amines is 1. The first-order chi connectivity index (χ1) is 18.4. The number of fused-ring (bicyclic) bond motifs is 3. The molecule has 3 aromatic rings. The second-order valence-corrected chi connectivity index (χ2v) is 11.5. The summed E-state index contributed by atoms with van der Waals surface area (Å²) in [5.74, 6) is 0.756. The molecule has 38 heavy (non-hydrogen) atoms. The summed E-state index contributed by atoms with van der Waals surface area (Å²) < 4.78 is 23.3. The van der Waals surface area contributed by atoms with Gasteiger partial charge in [-0.3, -0.25) is 4.90 Å². The van der Waals surface area contributed by atoms with E-state index in [2.05, 4.69) is 4.98 Å². The van der Waals surface area contributed by atoms with E-state index >= 15 is 0 Å². The summed E-state index contributed by atoms with van der Waals surface area (Å²) in [5, 5.41) is 1.82. The van der Waals surface area contributed by atoms with Gasteiger partial charge in [0.2, 0.25) is 0 Å². The SMILES string of the molecule is CC1(C)OC[C@H](CCOc2ccc([C@H]3c4[nH]c5ccc(Cl)cc5c4CCN3C(=O)OCC3CCC3)cc2)O1. The van der Waals surface area contributed by atoms with Crippen molar-refractivity contribution in [3.05, 3.63) is 64.3 Å². The third-order valence-corrected chi connectivity index (χ3v) is 8.20. The second kappa shape index (κ2) is 10.4. The van der Waals surface area contributed by atoms with E-state index in [1.807, 2.05) is 61.2 Å². The Labute approximate surface area is 228 Å². The van der Waals surface area contributed by atoms with Crippen molar-refractivity contribution in [1.82, 2.24) is 9.88 Å². The molecule has 7 nitrogen and oxygen atoms in total. The monoisotopic (exact) mass is 538 g/mol. The van der Waals surface area contributed by atoms with Crippen molar-refractivity contribution in [3.8, 4) is 5.75 Å². The minimum absolute atomic E-state index is 0.0416. The number of ether oxygens (including phenoxy) is 4. The molecule has 1 aromatic heterocycles. The Balaban J connectivity index is 1.21. The van der Waals surface area contributed by atoms with Crippen LogP contribution in [0.4, 0.5) is 4.79 Å². The molecule has 3 aliphatic rings. The molecular formula is C30H35ClN2O5. The molecular weight excluding hydrogens is 504 g/mol. The zero-order valence-electron chi connectivity index (χ0n) is 22.0. The molecule has 8 heteroatoms. The lowest BCUT2D eigenvalue weighted by molar-refractivity contribution is -0.139. The first-order valence-electron chi connectivity index (χ1n) is 13.6. The van der Waals surface area contributed by atoms with Crippen molar-refractivity contribution in [2.75, 3.05) is 26.4 Å². The van der Waals surface area contributed by atoms with Crippen molar-refractivity contribution >= 4 is 28.6 Å². The Morgan fingerprint density at radius 1 is 1.18 bits per heavy atom. The molecule has 1 saturated heterocycles. The number of halogens is 1. The summed E-state index contributed by atoms with van der Waals surface area (Å²) in [6, 6.07) is 13.6. The molecule has 1 amide bonds. The van der Waals surface area contributed by atoms with Crippen molar-refractivity contribution < 1.29 is 23.7 Å². The molecule has 0 radical (unpaired) electrons. The van der Waals surface area contributed by atoms with E-state index in [4.69, 9.17) is 30.5 Å². The Morgan fingerprint density at radius 2 is 2.00 bits per heavy atom. The van der Waals surface area contributed by atoms with Crippen LogP contribution in [0.3, 0.4) is 0 Å². The number of rotatable bonds is 7. The molecule has 1 N–H and O–H groups in total. The number of amides is 1. The molecule has 3 heterocycles. The molecule has 1 saturated carbocycles. The van der Waals surface area contributed by atoms with Crippen LogP contribution in [-0.4, -0.2) is 54.2 Å². The highest BCUT2D eigenvalue weighted by Crippen LogP contribution is 2.40. The standard InChI is InChI=1S/C30H35ClN2O5/c1-30(2)37-18-23(38-30)13-15-35-22-9-6-20(7-10-22)28-27-24(25-16-21(31)8-11-26(25)32-27)12-14-33(28)29(34)36-17-19-4-3-5-19/h6-11,16,19,23,28,32H,3-5,12-15,17-18H2,1-2H3/t23-,28-/m0/s1. The van der Waals surface area contributed by atoms with Gasteiger partial charge in [0.25, 0.3) is 0 Å². The normalized spacial score (nSPS) is 22.8. The van der Waals surface area contributed by atoms with Crippen LogP contribution in [0, 0.1) is 5.92 Å². The fraction of sp³-hybridized carbons (Fsp3) is 0.500. The van der Waals surface area contributed by atoms with E-state index in [-0.39, 0.29) is 18.2 Å². The predicted molar refractivity (Wildman–Crippen MR) is 146 cm³/mol. The summed E-state index contributed by atoms with van der Waals surface area (Å²) in [7, 11) is 0. The molecule has 0 unspecified atom stereocenters. The van der Waals surface area contributed by atoms with Crippen LogP contribution in [0.5, 0.6) is 5.75 Å². The molecule has 2 fully saturated rings. The number of benzene rings is 2. The molecule has 202 valence electrons. The van der Waals surface area contributed by atoms with Crippen LogP contribution in [0.25, 0.3) is 10.9 Å². The Morgan fingerprint density at radius 3 is 2.71 bits per heavy atom. The average Bonchev–Trinajstić information content (AvgIpc) is 3.41. The van der Waals surface area contributed by atoms with Crippen LogP contribution in [0.2, 0.25) is 5.02 Å². The number of H-pyrrole nitrogens is 1. The number of nitrogens with one attached hydrogen (secondary N) is 1. The maximum Gasteiger partial charge on any atom is 0.410 e. The van der Waals surface area contributed by atoms with E-state index in [9.17, 15) is 4.79 Å². The summed E-state index contributed by atoms with van der Waals surface area (Å²) in [6.45, 7) is 6.06. The van der Waals surface area contributed by atoms with Gasteiger partial charge in [0.1, 0.15) is 11.8 Å². The maximum atomic E-state index is 13.3. The number of aromatic nitrogens is 1. The van der Waals surface area contributed by atoms with E-state index in [1.165, 1.54) is 12.0 Å². The molecule has 2 atom stereocenters. The van der Waals surface area contributed by atoms with Crippen molar-refractivity contribution in [1.29, 1.82) is 0 Å². The van der Waals surface area contributed by atoms with Gasteiger partial charge >= 0.3 is 6.09 Å². The molecule has 0 spiro atoms. The largest absolute Gasteiger partial charge is 0.493 e. The zero-order valence-corrected chi connectivity index (χ0v) is 22.8. The van der Waals surface area contributed by atoms with Crippen LogP contribution in [-0.2, 0) is 20.6 Å². The topological polar surface area (TPSA) is 73.0 Å². The molecule has 2 aliphatic heterocycles. The highest BCUT2D eigenvalue weighted by Gasteiger charge is 2.36. The van der Waals surface area contributed by atoms with Crippen molar-refractivity contribution in [3.63, 3.8) is 0 Å². The Hall–Kier alpha value is -2.74. The van der Waals surface area contributed by atoms with Crippen molar-refractivity contribution in [2.45, 2.75) is 63.9 Å². The second-order valence-electron chi connectivity index (χ2n) is 11.1. The van der Waals surface area contributed by atoms with E-state index < -0.39 is 5.79 Å². The van der Waals surface area contributed by atoms with Crippen molar-refractivity contribution in [2.24, 2.45) is 5.92 Å². The van der Waals surface area contributed by atoms with Gasteiger partial charge in [-0.05, 0) is 80.5 Å². The lowest BCUT2D eigenvalue weighted by Gasteiger charge is -2.36. The van der Waals surface area contributed by atoms with Crippen LogP contribution in [0.1, 0.15) is 62.4 Å². The molecule has 0 bridgehead atoms. The molecule has 6 rings (SSSR count). The lowest BCUT2D eigenvalue weighted by atomic mass is 9.86. The highest BCUT2D eigenvalue weighted by molar-refractivity contribution is 6.31. The van der Waals surface area contributed by atoms with Gasteiger partial charge in [0.15, 0.2) is 5.79 Å². The number of hydrogen-bond donors (Lipinski definition) is 1. The first kappa shape index (κ1) is 25.5. The first-order valence-corrected chi connectivity index (χ1v) is 14.0. The predicted octanol–water partition coefficient (Wildman–Crippen LogP) is 6.63. The van der Waals surface area contributed by atoms with E-state index in [0.717, 1.165) is 53.6 Å². The fourth-order valence-electron chi connectivity index (χ4n) is 5.70. The lowest BCUT2D eigenvalue weighted by Crippen LogP contribution is -2.41. The van der Waals surface area contributed by atoms with Gasteiger partial charge in [0, 0.05) is 34.6 Å². The summed E-state index contributed by atoms with van der Waals surface area (Å²) in [6.07, 6.45) is 4.80. The molecule has 2 aromatic carbocycles. The summed E-state index contributed by atoms with van der Waals surface area (Å²) in [5.41, 5.74) is 4.25. The van der Waals surface area contributed by atoms with Crippen LogP contribution in [0.15, 0.2) is 42.5 Å². The fourth-order valence-corrected chi connectivity index (χ4v) is 5.87. The van der Waals surface area contributed by atoms with Crippen LogP contribution >= 0.6 is 11.6 Å². The zero-order chi connectivity index (χ0) is 26.3. The summed E-state index contributed by atoms with van der Waals surface area (Å²) in [4.78, 5) is 18.7. The Bertz CT molecular complexity index is 1300. The minimum atomic E-state index is -0.524. The maximum absolute atomic E-state index is 13.3. The van der Waals surface area contributed by atoms with Gasteiger partial charge in [-0.1, -0.05) is 30.2 Å². The number of carbonyl (C=O) groups excluding carboxylic acids is 1. The minimum Gasteiger partial charge on any atom is -0.493 e. The van der Waals surface area contributed by atoms with Gasteiger partial charge < -0.3 is 23.9 Å². The summed E-state index contributed by atoms with van der Waals surface area (Å²) >= 11 is 6.33. The number of hydrogen-bond acceptors (Lipinski definition) is 5. The molecule has 1 aliphatic carbocycles. The quantitative estimate of drug-likeness (QED) is 0.365. The van der Waals surface area contributed by atoms with Gasteiger partial charge in [0.05, 0.1) is 25.9 Å². The van der Waals surface area contributed by atoms with Gasteiger partial charge in [-0.15, -0.1) is 0 Å². The highest BCUT2D eigenvalue weighted by atomic mass is 35.5. The number of carbonyl (C=O) groups is 1. The Kier molecular flexibility index (Phi) is 7.01. The number of nitrogens with zero attached hydrogens (tertiary/aromatic N) is 1. The van der Waals surface area contributed by atoms with E-state index in [0.29, 0.717) is 37.3 Å². The smallest absolute Gasteiger partial charge is 0.410 e. The van der Waals surface area contributed by atoms with E-state index in [1.54, 1.807) is 0 Å². The van der Waals surface area contributed by atoms with Crippen LogP contribution < -0.4 is 4.74 Å². The van der Waals surface area contributed by atoms with Gasteiger partial charge in [-0.2, -0.15) is 0 Å². The third kappa shape index (κ3) is 5.24. The van der Waals surface area contributed by atoms with Gasteiger partial charge in [-0.25, -0.2) is 4.79 Å². The third-order valence-electron chi connectivity index (χ3n) is 7.96.